The van der Waals surface area contributed by atoms with Crippen LogP contribution in [0.5, 0.6) is 0 Å². The van der Waals surface area contributed by atoms with E-state index in [-0.39, 0.29) is 24.2 Å². The Morgan fingerprint density at radius 2 is 2.18 bits per heavy atom. The van der Waals surface area contributed by atoms with Gasteiger partial charge in [0.2, 0.25) is 11.8 Å². The highest BCUT2D eigenvalue weighted by Gasteiger charge is 2.32. The molecule has 0 unspecified atom stereocenters. The predicted octanol–water partition coefficient (Wildman–Crippen LogP) is 2.15. The molecule has 3 rings (SSSR count). The molecule has 1 atom stereocenters. The first-order chi connectivity index (χ1) is 10.6. The fourth-order valence-corrected chi connectivity index (χ4v) is 3.21. The number of hydrogen-bond donors (Lipinski definition) is 1. The lowest BCUT2D eigenvalue weighted by Gasteiger charge is -2.09. The maximum atomic E-state index is 12.2. The van der Waals surface area contributed by atoms with Crippen LogP contribution in [0.1, 0.15) is 17.7 Å². The Morgan fingerprint density at radius 1 is 1.41 bits per heavy atom. The van der Waals surface area contributed by atoms with Gasteiger partial charge in [0.15, 0.2) is 5.13 Å². The first kappa shape index (κ1) is 14.7. The van der Waals surface area contributed by atoms with E-state index in [1.54, 1.807) is 11.9 Å². The molecule has 5 nitrogen and oxygen atoms in total. The number of carbonyl (C=O) groups excluding carboxylic acids is 2. The summed E-state index contributed by atoms with van der Waals surface area (Å²) in [6.45, 7) is 0.479. The van der Waals surface area contributed by atoms with Gasteiger partial charge in [0.25, 0.3) is 0 Å². The van der Waals surface area contributed by atoms with Crippen LogP contribution in [0.25, 0.3) is 0 Å². The molecule has 2 amide bonds. The fourth-order valence-electron chi connectivity index (χ4n) is 2.50. The van der Waals surface area contributed by atoms with Gasteiger partial charge < -0.3 is 10.2 Å². The van der Waals surface area contributed by atoms with Crippen LogP contribution in [-0.2, 0) is 16.0 Å². The van der Waals surface area contributed by atoms with Crippen molar-refractivity contribution >= 4 is 28.3 Å². The van der Waals surface area contributed by atoms with Gasteiger partial charge >= 0.3 is 0 Å². The van der Waals surface area contributed by atoms with Gasteiger partial charge in [-0.1, -0.05) is 30.3 Å². The summed E-state index contributed by atoms with van der Waals surface area (Å²) in [6.07, 6.45) is 1.03. The highest BCUT2D eigenvalue weighted by Crippen LogP contribution is 2.21. The second kappa shape index (κ2) is 6.27. The van der Waals surface area contributed by atoms with Crippen molar-refractivity contribution in [2.24, 2.45) is 5.92 Å². The average Bonchev–Trinajstić information content (AvgIpc) is 3.07. The molecule has 0 saturated carbocycles. The Labute approximate surface area is 133 Å². The third-order valence-corrected chi connectivity index (χ3v) is 4.53. The Kier molecular flexibility index (Phi) is 4.20. The zero-order valence-corrected chi connectivity index (χ0v) is 13.1. The van der Waals surface area contributed by atoms with Crippen molar-refractivity contribution < 1.29 is 9.59 Å². The number of amides is 2. The van der Waals surface area contributed by atoms with E-state index in [1.165, 1.54) is 16.9 Å². The third kappa shape index (κ3) is 3.33. The van der Waals surface area contributed by atoms with E-state index in [0.29, 0.717) is 11.7 Å². The molecule has 1 N–H and O–H groups in total. The lowest BCUT2D eigenvalue weighted by atomic mass is 10.1. The van der Waals surface area contributed by atoms with Crippen molar-refractivity contribution in [3.63, 3.8) is 0 Å². The van der Waals surface area contributed by atoms with Crippen LogP contribution in [0, 0.1) is 5.92 Å². The molecule has 1 aliphatic rings. The van der Waals surface area contributed by atoms with Crippen LogP contribution in [0.4, 0.5) is 5.13 Å². The van der Waals surface area contributed by atoms with Crippen molar-refractivity contribution in [3.05, 3.63) is 47.0 Å². The van der Waals surface area contributed by atoms with Crippen molar-refractivity contribution in [2.45, 2.75) is 12.8 Å². The van der Waals surface area contributed by atoms with Gasteiger partial charge in [0.1, 0.15) is 0 Å². The summed E-state index contributed by atoms with van der Waals surface area (Å²) in [4.78, 5) is 29.7. The molecule has 1 saturated heterocycles. The molecule has 0 radical (unpaired) electrons. The van der Waals surface area contributed by atoms with E-state index in [0.717, 1.165) is 12.1 Å². The van der Waals surface area contributed by atoms with E-state index in [4.69, 9.17) is 0 Å². The lowest BCUT2D eigenvalue weighted by Crippen LogP contribution is -2.25. The van der Waals surface area contributed by atoms with Crippen LogP contribution < -0.4 is 5.32 Å². The maximum absolute atomic E-state index is 12.2. The van der Waals surface area contributed by atoms with Gasteiger partial charge in [0.05, 0.1) is 11.6 Å². The first-order valence-corrected chi connectivity index (χ1v) is 8.03. The van der Waals surface area contributed by atoms with E-state index in [9.17, 15) is 9.59 Å². The number of rotatable bonds is 4. The maximum Gasteiger partial charge on any atom is 0.231 e. The summed E-state index contributed by atoms with van der Waals surface area (Å²) in [6, 6.07) is 10.1. The van der Waals surface area contributed by atoms with Crippen LogP contribution in [0.3, 0.4) is 0 Å². The fraction of sp³-hybridized carbons (Fsp3) is 0.312. The van der Waals surface area contributed by atoms with Crippen molar-refractivity contribution in [2.75, 3.05) is 18.9 Å². The number of carbonyl (C=O) groups is 2. The number of aromatic nitrogens is 1. The number of anilines is 1. The smallest absolute Gasteiger partial charge is 0.231 e. The molecule has 22 heavy (non-hydrogen) atoms. The topological polar surface area (TPSA) is 62.3 Å². The lowest BCUT2D eigenvalue weighted by molar-refractivity contribution is -0.127. The highest BCUT2D eigenvalue weighted by atomic mass is 32.1. The molecule has 1 aromatic carbocycles. The summed E-state index contributed by atoms with van der Waals surface area (Å²) >= 11 is 1.42. The Balaban J connectivity index is 1.60. The van der Waals surface area contributed by atoms with E-state index in [1.807, 2.05) is 23.6 Å². The molecule has 2 aromatic rings. The van der Waals surface area contributed by atoms with Crippen LogP contribution >= 0.6 is 11.3 Å². The molecule has 1 aliphatic heterocycles. The SMILES string of the molecule is CN1C[C@@H](C(=O)Nc2nc(Cc3ccccc3)cs2)CC1=O. The van der Waals surface area contributed by atoms with E-state index in [2.05, 4.69) is 22.4 Å². The zero-order chi connectivity index (χ0) is 15.5. The summed E-state index contributed by atoms with van der Waals surface area (Å²) < 4.78 is 0. The van der Waals surface area contributed by atoms with E-state index < -0.39 is 0 Å². The predicted molar refractivity (Wildman–Crippen MR) is 85.7 cm³/mol. The zero-order valence-electron chi connectivity index (χ0n) is 12.3. The summed E-state index contributed by atoms with van der Waals surface area (Å²) in [5.41, 5.74) is 2.12. The quantitative estimate of drug-likeness (QED) is 0.940. The summed E-state index contributed by atoms with van der Waals surface area (Å²) in [7, 11) is 1.72. The number of nitrogens with one attached hydrogen (secondary N) is 1. The molecule has 6 heteroatoms. The van der Waals surface area contributed by atoms with Gasteiger partial charge in [0, 0.05) is 31.8 Å². The molecule has 1 aromatic heterocycles. The van der Waals surface area contributed by atoms with Gasteiger partial charge in [-0.3, -0.25) is 9.59 Å². The van der Waals surface area contributed by atoms with Gasteiger partial charge in [-0.25, -0.2) is 4.98 Å². The number of nitrogens with zero attached hydrogens (tertiary/aromatic N) is 2. The second-order valence-electron chi connectivity index (χ2n) is 5.47. The van der Waals surface area contributed by atoms with Crippen molar-refractivity contribution in [1.82, 2.24) is 9.88 Å². The number of likely N-dealkylation sites (tertiary alicyclic amines) is 1. The van der Waals surface area contributed by atoms with E-state index >= 15 is 0 Å². The number of thiazole rings is 1. The minimum Gasteiger partial charge on any atom is -0.345 e. The largest absolute Gasteiger partial charge is 0.345 e. The minimum atomic E-state index is -0.279. The average molecular weight is 315 g/mol. The molecule has 0 aliphatic carbocycles. The van der Waals surface area contributed by atoms with Crippen molar-refractivity contribution in [1.29, 1.82) is 0 Å². The molecular formula is C16H17N3O2S. The van der Waals surface area contributed by atoms with Crippen LogP contribution in [0.15, 0.2) is 35.7 Å². The minimum absolute atomic E-state index is 0.0176. The Morgan fingerprint density at radius 3 is 2.86 bits per heavy atom. The second-order valence-corrected chi connectivity index (χ2v) is 6.33. The van der Waals surface area contributed by atoms with Crippen LogP contribution in [-0.4, -0.2) is 35.3 Å². The molecule has 1 fully saturated rings. The van der Waals surface area contributed by atoms with Gasteiger partial charge in [-0.05, 0) is 5.56 Å². The third-order valence-electron chi connectivity index (χ3n) is 3.72. The molecular weight excluding hydrogens is 298 g/mol. The van der Waals surface area contributed by atoms with Gasteiger partial charge in [-0.2, -0.15) is 0 Å². The standard InChI is InChI=1S/C16H17N3O2S/c1-19-9-12(8-14(19)20)15(21)18-16-17-13(10-22-16)7-11-5-3-2-4-6-11/h2-6,10,12H,7-9H2,1H3,(H,17,18,21)/t12-/m0/s1. The summed E-state index contributed by atoms with van der Waals surface area (Å²) in [5.74, 6) is -0.388. The normalized spacial score (nSPS) is 17.8. The van der Waals surface area contributed by atoms with Crippen molar-refractivity contribution in [3.8, 4) is 0 Å². The molecule has 114 valence electrons. The summed E-state index contributed by atoms with van der Waals surface area (Å²) in [5, 5.41) is 5.37. The Hall–Kier alpha value is -2.21. The first-order valence-electron chi connectivity index (χ1n) is 7.15. The number of hydrogen-bond acceptors (Lipinski definition) is 4. The molecule has 2 heterocycles. The number of benzene rings is 1. The molecule has 0 spiro atoms. The van der Waals surface area contributed by atoms with Gasteiger partial charge in [-0.15, -0.1) is 11.3 Å². The Bertz CT molecular complexity index is 684. The monoisotopic (exact) mass is 315 g/mol. The highest BCUT2D eigenvalue weighted by molar-refractivity contribution is 7.13. The molecule has 0 bridgehead atoms. The van der Waals surface area contributed by atoms with Crippen LogP contribution in [0.2, 0.25) is 0 Å².